The third-order valence-electron chi connectivity index (χ3n) is 5.19. The zero-order chi connectivity index (χ0) is 22.3. The standard InChI is InChI=1S/C21H16ClF3N4O2/c1-2-15(31)28-5-7-29(8-6-28)21-11-9-12(22)16(19(25)20(11)26-10-27-21)17-14(30)4-3-13(23)18(17)24/h2-4,9-10,30H,1,5-8H2. The number of anilines is 1. The van der Waals surface area contributed by atoms with E-state index in [1.807, 2.05) is 4.90 Å². The van der Waals surface area contributed by atoms with Crippen LogP contribution >= 0.6 is 11.6 Å². The average Bonchev–Trinajstić information content (AvgIpc) is 2.78. The molecular formula is C21H16ClF3N4O2. The molecule has 0 aliphatic carbocycles. The predicted octanol–water partition coefficient (Wildman–Crippen LogP) is 3.91. The van der Waals surface area contributed by atoms with E-state index in [1.165, 1.54) is 12.1 Å². The topological polar surface area (TPSA) is 69.6 Å². The van der Waals surface area contributed by atoms with Crippen molar-refractivity contribution < 1.29 is 23.1 Å². The molecule has 6 nitrogen and oxygen atoms in total. The molecule has 2 heterocycles. The summed E-state index contributed by atoms with van der Waals surface area (Å²) in [7, 11) is 0. The van der Waals surface area contributed by atoms with Crippen molar-refractivity contribution >= 4 is 34.2 Å². The lowest BCUT2D eigenvalue weighted by atomic mass is 10.0. The second kappa shape index (κ2) is 8.07. The Labute approximate surface area is 180 Å². The summed E-state index contributed by atoms with van der Waals surface area (Å²) >= 11 is 6.26. The number of hydrogen-bond acceptors (Lipinski definition) is 5. The Hall–Kier alpha value is -3.33. The first kappa shape index (κ1) is 20.9. The van der Waals surface area contributed by atoms with Gasteiger partial charge in [-0.15, -0.1) is 0 Å². The molecule has 0 radical (unpaired) electrons. The number of halogens is 4. The number of rotatable bonds is 3. The lowest BCUT2D eigenvalue weighted by Crippen LogP contribution is -2.48. The minimum absolute atomic E-state index is 0.156. The number of carbonyl (C=O) groups excluding carboxylic acids is 1. The Morgan fingerprint density at radius 2 is 1.81 bits per heavy atom. The van der Waals surface area contributed by atoms with Crippen LogP contribution in [-0.2, 0) is 4.79 Å². The maximum Gasteiger partial charge on any atom is 0.246 e. The highest BCUT2D eigenvalue weighted by Crippen LogP contribution is 2.42. The van der Waals surface area contributed by atoms with Gasteiger partial charge in [0, 0.05) is 37.1 Å². The lowest BCUT2D eigenvalue weighted by molar-refractivity contribution is -0.126. The van der Waals surface area contributed by atoms with Gasteiger partial charge in [0.15, 0.2) is 17.5 Å². The fourth-order valence-corrected chi connectivity index (χ4v) is 3.93. The van der Waals surface area contributed by atoms with Gasteiger partial charge in [-0.1, -0.05) is 18.2 Å². The Morgan fingerprint density at radius 1 is 1.10 bits per heavy atom. The zero-order valence-electron chi connectivity index (χ0n) is 16.1. The van der Waals surface area contributed by atoms with Crippen molar-refractivity contribution in [1.82, 2.24) is 14.9 Å². The monoisotopic (exact) mass is 448 g/mol. The van der Waals surface area contributed by atoms with Gasteiger partial charge in [-0.3, -0.25) is 4.79 Å². The van der Waals surface area contributed by atoms with E-state index in [9.17, 15) is 18.7 Å². The Morgan fingerprint density at radius 3 is 2.48 bits per heavy atom. The van der Waals surface area contributed by atoms with Gasteiger partial charge in [-0.2, -0.15) is 0 Å². The van der Waals surface area contributed by atoms with Crippen molar-refractivity contribution in [3.8, 4) is 16.9 Å². The van der Waals surface area contributed by atoms with Crippen LogP contribution in [0.2, 0.25) is 5.02 Å². The number of nitrogens with zero attached hydrogens (tertiary/aromatic N) is 4. The predicted molar refractivity (Wildman–Crippen MR) is 111 cm³/mol. The summed E-state index contributed by atoms with van der Waals surface area (Å²) in [5, 5.41) is 10.1. The summed E-state index contributed by atoms with van der Waals surface area (Å²) in [5.74, 6) is -4.12. The molecule has 3 aromatic rings. The van der Waals surface area contributed by atoms with Crippen molar-refractivity contribution in [3.63, 3.8) is 0 Å². The van der Waals surface area contributed by atoms with Crippen LogP contribution in [0.4, 0.5) is 19.0 Å². The van der Waals surface area contributed by atoms with Crippen molar-refractivity contribution in [2.45, 2.75) is 0 Å². The molecule has 10 heteroatoms. The molecule has 0 unspecified atom stereocenters. The van der Waals surface area contributed by atoms with Crippen LogP contribution in [-0.4, -0.2) is 52.1 Å². The fourth-order valence-electron chi connectivity index (χ4n) is 3.64. The first-order chi connectivity index (χ1) is 14.8. The van der Waals surface area contributed by atoms with E-state index in [1.54, 1.807) is 4.90 Å². The van der Waals surface area contributed by atoms with Gasteiger partial charge in [0.2, 0.25) is 5.91 Å². The molecule has 31 heavy (non-hydrogen) atoms. The van der Waals surface area contributed by atoms with Crippen molar-refractivity contribution in [1.29, 1.82) is 0 Å². The molecule has 0 saturated carbocycles. The van der Waals surface area contributed by atoms with Crippen LogP contribution in [0.5, 0.6) is 5.75 Å². The maximum absolute atomic E-state index is 15.4. The normalized spacial score (nSPS) is 14.2. The minimum atomic E-state index is -1.42. The fraction of sp³-hybridized carbons (Fsp3) is 0.190. The summed E-state index contributed by atoms with van der Waals surface area (Å²) in [4.78, 5) is 23.5. The number of hydrogen-bond donors (Lipinski definition) is 1. The largest absolute Gasteiger partial charge is 0.507 e. The number of phenols is 1. The molecule has 1 N–H and O–H groups in total. The van der Waals surface area contributed by atoms with Gasteiger partial charge in [0.05, 0.1) is 10.6 Å². The van der Waals surface area contributed by atoms with E-state index < -0.39 is 34.3 Å². The molecule has 1 amide bonds. The number of amides is 1. The van der Waals surface area contributed by atoms with E-state index in [4.69, 9.17) is 11.6 Å². The molecule has 160 valence electrons. The number of carbonyl (C=O) groups is 1. The van der Waals surface area contributed by atoms with Crippen LogP contribution in [0.3, 0.4) is 0 Å². The van der Waals surface area contributed by atoms with Crippen LogP contribution < -0.4 is 4.90 Å². The number of fused-ring (bicyclic) bond motifs is 1. The van der Waals surface area contributed by atoms with Crippen LogP contribution in [0.25, 0.3) is 22.0 Å². The van der Waals surface area contributed by atoms with Crippen molar-refractivity contribution in [2.75, 3.05) is 31.1 Å². The molecule has 1 aliphatic heterocycles. The van der Waals surface area contributed by atoms with E-state index >= 15 is 4.39 Å². The summed E-state index contributed by atoms with van der Waals surface area (Å²) < 4.78 is 43.5. The summed E-state index contributed by atoms with van der Waals surface area (Å²) in [6.07, 6.45) is 2.40. The van der Waals surface area contributed by atoms with Gasteiger partial charge in [-0.05, 0) is 24.3 Å². The second-order valence-corrected chi connectivity index (χ2v) is 7.32. The number of piperazine rings is 1. The summed E-state index contributed by atoms with van der Waals surface area (Å²) in [6, 6.07) is 3.01. The average molecular weight is 449 g/mol. The van der Waals surface area contributed by atoms with E-state index in [0.717, 1.165) is 18.5 Å². The van der Waals surface area contributed by atoms with Gasteiger partial charge in [-0.25, -0.2) is 23.1 Å². The highest BCUT2D eigenvalue weighted by Gasteiger charge is 2.27. The van der Waals surface area contributed by atoms with E-state index in [2.05, 4.69) is 16.5 Å². The van der Waals surface area contributed by atoms with Crippen molar-refractivity contribution in [2.24, 2.45) is 0 Å². The molecule has 0 spiro atoms. The van der Waals surface area contributed by atoms with Crippen LogP contribution in [0.1, 0.15) is 0 Å². The minimum Gasteiger partial charge on any atom is -0.507 e. The highest BCUT2D eigenvalue weighted by molar-refractivity contribution is 6.34. The SMILES string of the molecule is C=CC(=O)N1CCN(c2ncnc3c(F)c(-c4c(O)ccc(F)c4F)c(Cl)cc23)CC1. The van der Waals surface area contributed by atoms with Gasteiger partial charge in [0.1, 0.15) is 23.4 Å². The molecule has 0 atom stereocenters. The smallest absolute Gasteiger partial charge is 0.246 e. The molecule has 0 bridgehead atoms. The number of aromatic hydroxyl groups is 1. The second-order valence-electron chi connectivity index (χ2n) is 6.91. The molecule has 1 fully saturated rings. The van der Waals surface area contributed by atoms with E-state index in [0.29, 0.717) is 32.0 Å². The number of benzene rings is 2. The molecule has 4 rings (SSSR count). The number of aromatic nitrogens is 2. The van der Waals surface area contributed by atoms with E-state index in [-0.39, 0.29) is 21.8 Å². The molecular weight excluding hydrogens is 433 g/mol. The zero-order valence-corrected chi connectivity index (χ0v) is 16.8. The van der Waals surface area contributed by atoms with Gasteiger partial charge < -0.3 is 14.9 Å². The van der Waals surface area contributed by atoms with Crippen molar-refractivity contribution in [3.05, 3.63) is 59.7 Å². The third kappa shape index (κ3) is 3.54. The Balaban J connectivity index is 1.81. The maximum atomic E-state index is 15.4. The molecule has 1 aromatic heterocycles. The highest BCUT2D eigenvalue weighted by atomic mass is 35.5. The molecule has 1 saturated heterocycles. The van der Waals surface area contributed by atoms with Gasteiger partial charge >= 0.3 is 0 Å². The molecule has 1 aliphatic rings. The Bertz CT molecular complexity index is 1210. The lowest BCUT2D eigenvalue weighted by Gasteiger charge is -2.35. The van der Waals surface area contributed by atoms with Gasteiger partial charge in [0.25, 0.3) is 0 Å². The summed E-state index contributed by atoms with van der Waals surface area (Å²) in [6.45, 7) is 5.19. The number of phenolic OH excluding ortho intramolecular Hbond substituents is 1. The first-order valence-corrected chi connectivity index (χ1v) is 9.67. The summed E-state index contributed by atoms with van der Waals surface area (Å²) in [5.41, 5.74) is -1.33. The molecule has 2 aromatic carbocycles. The quantitative estimate of drug-likeness (QED) is 0.615. The Kier molecular flexibility index (Phi) is 5.45. The third-order valence-corrected chi connectivity index (χ3v) is 5.49. The van der Waals surface area contributed by atoms with Crippen LogP contribution in [0, 0.1) is 17.5 Å². The first-order valence-electron chi connectivity index (χ1n) is 9.29. The van der Waals surface area contributed by atoms with Crippen LogP contribution in [0.15, 0.2) is 37.2 Å².